The number of hydrogen-bond donors (Lipinski definition) is 0. The molecule has 6 nitrogen and oxygen atoms in total. The maximum Gasteiger partial charge on any atom is 0.337 e. The van der Waals surface area contributed by atoms with E-state index in [-0.39, 0.29) is 23.2 Å². The standard InChI is InChI=1S/C30H33NO5/c1-30(2,3)24-9-5-21(6-10-24)19-35-27-15-11-25(12-16-27)31-18-22(17-28(31)32)20-36-26-13-7-23(8-14-26)29(33)34-4/h5-16,22H,17-20H2,1-4H3. The number of benzene rings is 3. The van der Waals surface area contributed by atoms with E-state index >= 15 is 0 Å². The fourth-order valence-electron chi connectivity index (χ4n) is 4.15. The third kappa shape index (κ3) is 6.25. The molecular formula is C30H33NO5. The Morgan fingerprint density at radius 3 is 2.11 bits per heavy atom. The number of amides is 1. The van der Waals surface area contributed by atoms with Crippen LogP contribution in [0.3, 0.4) is 0 Å². The largest absolute Gasteiger partial charge is 0.493 e. The van der Waals surface area contributed by atoms with Crippen LogP contribution in [0, 0.1) is 5.92 Å². The summed E-state index contributed by atoms with van der Waals surface area (Å²) in [6.07, 6.45) is 0.434. The fraction of sp³-hybridized carbons (Fsp3) is 0.333. The highest BCUT2D eigenvalue weighted by molar-refractivity contribution is 5.95. The molecule has 3 aromatic rings. The number of ether oxygens (including phenoxy) is 3. The highest BCUT2D eigenvalue weighted by Crippen LogP contribution is 2.28. The number of esters is 1. The molecule has 4 rings (SSSR count). The van der Waals surface area contributed by atoms with Crippen molar-refractivity contribution in [2.45, 2.75) is 39.2 Å². The summed E-state index contributed by atoms with van der Waals surface area (Å²) in [7, 11) is 1.35. The molecule has 1 amide bonds. The normalized spacial score (nSPS) is 15.6. The van der Waals surface area contributed by atoms with E-state index in [0.717, 1.165) is 17.0 Å². The monoisotopic (exact) mass is 487 g/mol. The first-order chi connectivity index (χ1) is 17.2. The van der Waals surface area contributed by atoms with Crippen LogP contribution in [0.4, 0.5) is 5.69 Å². The summed E-state index contributed by atoms with van der Waals surface area (Å²) in [6.45, 7) is 8.12. The number of anilines is 1. The zero-order valence-corrected chi connectivity index (χ0v) is 21.3. The molecule has 1 unspecified atom stereocenters. The summed E-state index contributed by atoms with van der Waals surface area (Å²) in [4.78, 5) is 26.0. The summed E-state index contributed by atoms with van der Waals surface area (Å²) in [5.41, 5.74) is 3.87. The van der Waals surface area contributed by atoms with Crippen molar-refractivity contribution in [2.75, 3.05) is 25.2 Å². The van der Waals surface area contributed by atoms with Gasteiger partial charge in [0.1, 0.15) is 18.1 Å². The predicted octanol–water partition coefficient (Wildman–Crippen LogP) is 5.78. The molecule has 188 valence electrons. The fourth-order valence-corrected chi connectivity index (χ4v) is 4.15. The molecule has 1 heterocycles. The molecule has 0 aliphatic carbocycles. The highest BCUT2D eigenvalue weighted by Gasteiger charge is 2.31. The van der Waals surface area contributed by atoms with Gasteiger partial charge in [-0.2, -0.15) is 0 Å². The van der Waals surface area contributed by atoms with Crippen LogP contribution in [0.2, 0.25) is 0 Å². The van der Waals surface area contributed by atoms with Crippen LogP contribution >= 0.6 is 0 Å². The van der Waals surface area contributed by atoms with E-state index in [1.165, 1.54) is 12.7 Å². The van der Waals surface area contributed by atoms with Crippen molar-refractivity contribution in [1.29, 1.82) is 0 Å². The Hall–Kier alpha value is -3.80. The van der Waals surface area contributed by atoms with Gasteiger partial charge in [-0.1, -0.05) is 45.0 Å². The third-order valence-electron chi connectivity index (χ3n) is 6.34. The number of hydrogen-bond acceptors (Lipinski definition) is 5. The van der Waals surface area contributed by atoms with Gasteiger partial charge in [0, 0.05) is 24.6 Å². The predicted molar refractivity (Wildman–Crippen MR) is 140 cm³/mol. The van der Waals surface area contributed by atoms with Crippen molar-refractivity contribution >= 4 is 17.6 Å². The maximum atomic E-state index is 12.6. The number of nitrogens with zero attached hydrogens (tertiary/aromatic N) is 1. The van der Waals surface area contributed by atoms with Crippen LogP contribution < -0.4 is 14.4 Å². The second kappa shape index (κ2) is 10.9. The van der Waals surface area contributed by atoms with E-state index in [1.54, 1.807) is 29.2 Å². The van der Waals surface area contributed by atoms with Crippen LogP contribution in [0.5, 0.6) is 11.5 Å². The molecular weight excluding hydrogens is 454 g/mol. The van der Waals surface area contributed by atoms with Gasteiger partial charge in [-0.3, -0.25) is 4.79 Å². The molecule has 0 aromatic heterocycles. The van der Waals surface area contributed by atoms with Crippen molar-refractivity contribution in [2.24, 2.45) is 5.92 Å². The van der Waals surface area contributed by atoms with Gasteiger partial charge in [-0.25, -0.2) is 4.79 Å². The van der Waals surface area contributed by atoms with Crippen molar-refractivity contribution in [3.63, 3.8) is 0 Å². The van der Waals surface area contributed by atoms with E-state index in [4.69, 9.17) is 14.2 Å². The SMILES string of the molecule is COC(=O)c1ccc(OCC2CC(=O)N(c3ccc(OCc4ccc(C(C)(C)C)cc4)cc3)C2)cc1. The van der Waals surface area contributed by atoms with Crippen LogP contribution in [0.1, 0.15) is 48.7 Å². The van der Waals surface area contributed by atoms with E-state index in [9.17, 15) is 9.59 Å². The molecule has 6 heteroatoms. The Balaban J connectivity index is 1.27. The Morgan fingerprint density at radius 2 is 1.50 bits per heavy atom. The minimum Gasteiger partial charge on any atom is -0.493 e. The van der Waals surface area contributed by atoms with Crippen LogP contribution in [0.25, 0.3) is 0 Å². The Labute approximate surface area is 212 Å². The number of rotatable bonds is 8. The van der Waals surface area contributed by atoms with Crippen LogP contribution in [-0.2, 0) is 21.6 Å². The molecule has 0 saturated carbocycles. The lowest BCUT2D eigenvalue weighted by Gasteiger charge is -2.19. The van der Waals surface area contributed by atoms with Crippen LogP contribution in [0.15, 0.2) is 72.8 Å². The minimum absolute atomic E-state index is 0.0808. The second-order valence-corrected chi connectivity index (χ2v) is 10.1. The van der Waals surface area contributed by atoms with Gasteiger partial charge in [-0.15, -0.1) is 0 Å². The molecule has 0 bridgehead atoms. The summed E-state index contributed by atoms with van der Waals surface area (Å²) in [6, 6.07) is 23.0. The first-order valence-corrected chi connectivity index (χ1v) is 12.2. The van der Waals surface area contributed by atoms with Gasteiger partial charge in [0.05, 0.1) is 19.3 Å². The average Bonchev–Trinajstić information content (AvgIpc) is 3.26. The Kier molecular flexibility index (Phi) is 7.63. The zero-order chi connectivity index (χ0) is 25.7. The lowest BCUT2D eigenvalue weighted by Crippen LogP contribution is -2.25. The summed E-state index contributed by atoms with van der Waals surface area (Å²) >= 11 is 0. The molecule has 1 fully saturated rings. The Bertz CT molecular complexity index is 1180. The number of carbonyl (C=O) groups excluding carboxylic acids is 2. The van der Waals surface area contributed by atoms with E-state index in [1.807, 2.05) is 24.3 Å². The topological polar surface area (TPSA) is 65.1 Å². The summed E-state index contributed by atoms with van der Waals surface area (Å²) in [5, 5.41) is 0. The lowest BCUT2D eigenvalue weighted by atomic mass is 9.87. The molecule has 0 N–H and O–H groups in total. The van der Waals surface area contributed by atoms with Gasteiger partial charge < -0.3 is 19.1 Å². The molecule has 1 aliphatic rings. The van der Waals surface area contributed by atoms with E-state index in [2.05, 4.69) is 45.0 Å². The van der Waals surface area contributed by atoms with Gasteiger partial charge >= 0.3 is 5.97 Å². The van der Waals surface area contributed by atoms with Crippen molar-refractivity contribution in [3.8, 4) is 11.5 Å². The quantitative estimate of drug-likeness (QED) is 0.377. The molecule has 0 spiro atoms. The van der Waals surface area contributed by atoms with Gasteiger partial charge in [0.15, 0.2) is 0 Å². The lowest BCUT2D eigenvalue weighted by molar-refractivity contribution is -0.117. The van der Waals surface area contributed by atoms with Gasteiger partial charge in [-0.05, 0) is 65.1 Å². The number of carbonyl (C=O) groups is 2. The smallest absolute Gasteiger partial charge is 0.337 e. The first kappa shape index (κ1) is 25.3. The molecule has 3 aromatic carbocycles. The van der Waals surface area contributed by atoms with Gasteiger partial charge in [0.25, 0.3) is 0 Å². The second-order valence-electron chi connectivity index (χ2n) is 10.1. The highest BCUT2D eigenvalue weighted by atomic mass is 16.5. The Morgan fingerprint density at radius 1 is 0.889 bits per heavy atom. The molecule has 36 heavy (non-hydrogen) atoms. The molecule has 1 aliphatic heterocycles. The van der Waals surface area contributed by atoms with Crippen LogP contribution in [-0.4, -0.2) is 32.1 Å². The summed E-state index contributed by atoms with van der Waals surface area (Å²) < 4.78 is 16.5. The third-order valence-corrected chi connectivity index (χ3v) is 6.34. The molecule has 1 saturated heterocycles. The molecule has 0 radical (unpaired) electrons. The summed E-state index contributed by atoms with van der Waals surface area (Å²) in [5.74, 6) is 1.20. The van der Waals surface area contributed by atoms with Gasteiger partial charge in [0.2, 0.25) is 5.91 Å². The van der Waals surface area contributed by atoms with E-state index in [0.29, 0.717) is 37.5 Å². The van der Waals surface area contributed by atoms with E-state index < -0.39 is 0 Å². The maximum absolute atomic E-state index is 12.6. The minimum atomic E-state index is -0.384. The average molecular weight is 488 g/mol. The number of methoxy groups -OCH3 is 1. The zero-order valence-electron chi connectivity index (χ0n) is 21.3. The van der Waals surface area contributed by atoms with Crippen molar-refractivity contribution in [3.05, 3.63) is 89.5 Å². The first-order valence-electron chi connectivity index (χ1n) is 12.2. The molecule has 1 atom stereocenters. The van der Waals surface area contributed by atoms with Crippen molar-refractivity contribution in [1.82, 2.24) is 0 Å². The van der Waals surface area contributed by atoms with Crippen molar-refractivity contribution < 1.29 is 23.8 Å².